The highest BCUT2D eigenvalue weighted by Gasteiger charge is 2.14. The van der Waals surface area contributed by atoms with Gasteiger partial charge in [-0.15, -0.1) is 0 Å². The summed E-state index contributed by atoms with van der Waals surface area (Å²) in [4.78, 5) is 25.0. The first-order valence-electron chi connectivity index (χ1n) is 16.9. The molecule has 0 bridgehead atoms. The summed E-state index contributed by atoms with van der Waals surface area (Å²) in [7, 11) is 0. The van der Waals surface area contributed by atoms with Gasteiger partial charge >= 0.3 is 0 Å². The summed E-state index contributed by atoms with van der Waals surface area (Å²) in [5.74, 6) is 0.134. The highest BCUT2D eigenvalue weighted by atomic mass is 16.2. The van der Waals surface area contributed by atoms with Crippen LogP contribution in [0.1, 0.15) is 181 Å². The van der Waals surface area contributed by atoms with Crippen LogP contribution in [-0.4, -0.2) is 31.1 Å². The van der Waals surface area contributed by atoms with Gasteiger partial charge in [-0.2, -0.15) is 0 Å². The molecule has 5 heteroatoms. The molecule has 0 unspecified atom stereocenters. The highest BCUT2D eigenvalue weighted by Crippen LogP contribution is 2.13. The average molecular weight is 538 g/mol. The van der Waals surface area contributed by atoms with Crippen LogP contribution in [0.15, 0.2) is 0 Å². The Labute approximate surface area is 237 Å². The molecule has 2 amide bonds. The minimum atomic E-state index is -0.269. The largest absolute Gasteiger partial charge is 0.336 e. The summed E-state index contributed by atoms with van der Waals surface area (Å²) in [6.45, 7) is 8.29. The van der Waals surface area contributed by atoms with Crippen LogP contribution in [0, 0.1) is 0 Å². The number of amides is 2. The van der Waals surface area contributed by atoms with Crippen molar-refractivity contribution < 1.29 is 9.59 Å². The molecule has 0 aromatic heterocycles. The van der Waals surface area contributed by atoms with Crippen LogP contribution in [0.4, 0.5) is 0 Å². The number of nitrogens with one attached hydrogen (secondary N) is 3. The molecule has 0 rings (SSSR count). The predicted molar refractivity (Wildman–Crippen MR) is 165 cm³/mol. The summed E-state index contributed by atoms with van der Waals surface area (Å²) < 4.78 is 0. The van der Waals surface area contributed by atoms with Crippen LogP contribution in [0.25, 0.3) is 0 Å². The van der Waals surface area contributed by atoms with E-state index in [0.717, 1.165) is 45.2 Å². The van der Waals surface area contributed by atoms with E-state index in [-0.39, 0.29) is 18.0 Å². The molecule has 0 radical (unpaired) electrons. The molecule has 0 aliphatic rings. The Kier molecular flexibility index (Phi) is 29.6. The highest BCUT2D eigenvalue weighted by molar-refractivity contribution is 5.79. The second-order valence-electron chi connectivity index (χ2n) is 11.4. The van der Waals surface area contributed by atoms with E-state index in [1.165, 1.54) is 116 Å². The standard InChI is InChI=1S/C33H67N3O2/c1-4-7-9-11-13-15-17-19-21-23-25-27-32(37)35-31(29-30-34-6-3)36-33(38)28-26-24-22-20-18-16-14-12-10-8-5-2/h31,34H,4-30H2,1-3H3,(H,35,37)(H,36,38). The fourth-order valence-corrected chi connectivity index (χ4v) is 5.04. The molecule has 0 aromatic rings. The fourth-order valence-electron chi connectivity index (χ4n) is 5.04. The Morgan fingerprint density at radius 2 is 0.789 bits per heavy atom. The summed E-state index contributed by atoms with van der Waals surface area (Å²) in [5.41, 5.74) is 0. The minimum Gasteiger partial charge on any atom is -0.336 e. The van der Waals surface area contributed by atoms with E-state index in [4.69, 9.17) is 0 Å². The molecule has 0 saturated heterocycles. The second-order valence-corrected chi connectivity index (χ2v) is 11.4. The molecule has 0 aliphatic heterocycles. The first-order valence-corrected chi connectivity index (χ1v) is 16.9. The van der Waals surface area contributed by atoms with E-state index in [1.807, 2.05) is 0 Å². The summed E-state index contributed by atoms with van der Waals surface area (Å²) in [6.07, 6.45) is 29.8. The Morgan fingerprint density at radius 3 is 1.11 bits per heavy atom. The van der Waals surface area contributed by atoms with Gasteiger partial charge < -0.3 is 16.0 Å². The van der Waals surface area contributed by atoms with Crippen molar-refractivity contribution in [3.63, 3.8) is 0 Å². The zero-order valence-electron chi connectivity index (χ0n) is 26.0. The van der Waals surface area contributed by atoms with Crippen LogP contribution >= 0.6 is 0 Å². The van der Waals surface area contributed by atoms with Gasteiger partial charge in [-0.1, -0.05) is 149 Å². The van der Waals surface area contributed by atoms with Gasteiger partial charge in [0, 0.05) is 12.8 Å². The molecule has 0 heterocycles. The van der Waals surface area contributed by atoms with Gasteiger partial charge in [0.25, 0.3) is 0 Å². The second kappa shape index (κ2) is 30.4. The van der Waals surface area contributed by atoms with Crippen LogP contribution in [0.3, 0.4) is 0 Å². The number of carbonyl (C=O) groups excluding carboxylic acids is 2. The maximum Gasteiger partial charge on any atom is 0.221 e. The Bertz CT molecular complexity index is 472. The van der Waals surface area contributed by atoms with Gasteiger partial charge in [0.05, 0.1) is 0 Å². The number of hydrogen-bond donors (Lipinski definition) is 3. The van der Waals surface area contributed by atoms with Crippen molar-refractivity contribution >= 4 is 11.8 Å². The average Bonchev–Trinajstić information content (AvgIpc) is 2.90. The molecule has 0 aromatic carbocycles. The monoisotopic (exact) mass is 538 g/mol. The van der Waals surface area contributed by atoms with E-state index in [1.54, 1.807) is 0 Å². The summed E-state index contributed by atoms with van der Waals surface area (Å²) in [6, 6.07) is 0. The van der Waals surface area contributed by atoms with Crippen LogP contribution in [0.2, 0.25) is 0 Å². The van der Waals surface area contributed by atoms with Gasteiger partial charge in [0.15, 0.2) is 0 Å². The molecular weight excluding hydrogens is 470 g/mol. The van der Waals surface area contributed by atoms with Gasteiger partial charge in [0.2, 0.25) is 11.8 Å². The lowest BCUT2D eigenvalue weighted by Crippen LogP contribution is -2.49. The van der Waals surface area contributed by atoms with Gasteiger partial charge in [-0.3, -0.25) is 9.59 Å². The zero-order chi connectivity index (χ0) is 27.9. The van der Waals surface area contributed by atoms with Crippen molar-refractivity contribution in [2.75, 3.05) is 13.1 Å². The molecule has 0 aliphatic carbocycles. The molecule has 0 saturated carbocycles. The van der Waals surface area contributed by atoms with Crippen molar-refractivity contribution in [2.24, 2.45) is 0 Å². The maximum atomic E-state index is 12.5. The summed E-state index contributed by atoms with van der Waals surface area (Å²) in [5, 5.41) is 9.45. The Balaban J connectivity index is 3.90. The SMILES string of the molecule is CCCCCCCCCCCCCC(=O)NC(CCNCC)NC(=O)CCCCCCCCCCCCC. The van der Waals surface area contributed by atoms with E-state index in [2.05, 4.69) is 36.7 Å². The van der Waals surface area contributed by atoms with Gasteiger partial charge in [-0.05, 0) is 32.4 Å². The van der Waals surface area contributed by atoms with Crippen molar-refractivity contribution in [3.8, 4) is 0 Å². The maximum absolute atomic E-state index is 12.5. The van der Waals surface area contributed by atoms with E-state index in [9.17, 15) is 9.59 Å². The molecule has 0 fully saturated rings. The third kappa shape index (κ3) is 27.9. The zero-order valence-corrected chi connectivity index (χ0v) is 26.0. The number of carbonyl (C=O) groups is 2. The lowest BCUT2D eigenvalue weighted by atomic mass is 10.1. The molecule has 3 N–H and O–H groups in total. The lowest BCUT2D eigenvalue weighted by Gasteiger charge is -2.20. The third-order valence-electron chi connectivity index (χ3n) is 7.55. The Hall–Kier alpha value is -1.10. The van der Waals surface area contributed by atoms with Crippen LogP contribution in [-0.2, 0) is 9.59 Å². The lowest BCUT2D eigenvalue weighted by molar-refractivity contribution is -0.124. The topological polar surface area (TPSA) is 70.2 Å². The Morgan fingerprint density at radius 1 is 0.474 bits per heavy atom. The van der Waals surface area contributed by atoms with Crippen LogP contribution in [0.5, 0.6) is 0 Å². The van der Waals surface area contributed by atoms with E-state index >= 15 is 0 Å². The van der Waals surface area contributed by atoms with Crippen LogP contribution < -0.4 is 16.0 Å². The van der Waals surface area contributed by atoms with E-state index in [0.29, 0.717) is 12.8 Å². The first kappa shape index (κ1) is 36.9. The van der Waals surface area contributed by atoms with Gasteiger partial charge in [-0.25, -0.2) is 0 Å². The number of unbranched alkanes of at least 4 members (excludes halogenated alkanes) is 20. The molecule has 5 nitrogen and oxygen atoms in total. The normalized spacial score (nSPS) is 11.3. The fraction of sp³-hybridized carbons (Fsp3) is 0.939. The molecule has 0 spiro atoms. The molecular formula is C33H67N3O2. The summed E-state index contributed by atoms with van der Waals surface area (Å²) >= 11 is 0. The first-order chi connectivity index (χ1) is 18.6. The van der Waals surface area contributed by atoms with Gasteiger partial charge in [0.1, 0.15) is 6.17 Å². The minimum absolute atomic E-state index is 0.0671. The van der Waals surface area contributed by atoms with Crippen molar-refractivity contribution in [2.45, 2.75) is 187 Å². The molecule has 226 valence electrons. The van der Waals surface area contributed by atoms with Crippen molar-refractivity contribution in [1.82, 2.24) is 16.0 Å². The molecule has 0 atom stereocenters. The molecule has 38 heavy (non-hydrogen) atoms. The van der Waals surface area contributed by atoms with E-state index < -0.39 is 0 Å². The number of rotatable bonds is 30. The van der Waals surface area contributed by atoms with Crippen molar-refractivity contribution in [1.29, 1.82) is 0 Å². The predicted octanol–water partition coefficient (Wildman–Crippen LogP) is 8.95. The smallest absolute Gasteiger partial charge is 0.221 e. The quantitative estimate of drug-likeness (QED) is 0.0632. The van der Waals surface area contributed by atoms with Crippen molar-refractivity contribution in [3.05, 3.63) is 0 Å². The number of hydrogen-bond acceptors (Lipinski definition) is 3. The third-order valence-corrected chi connectivity index (χ3v) is 7.55.